The van der Waals surface area contributed by atoms with Crippen LogP contribution < -0.4 is 0 Å². The third-order valence-corrected chi connectivity index (χ3v) is 0.770. The SMILES string of the molecule is CC=C(C)C(=O)O.F. The molecule has 3 heteroatoms. The van der Waals surface area contributed by atoms with Crippen LogP contribution in [-0.2, 0) is 4.79 Å². The normalized spacial score (nSPS) is 10.0. The van der Waals surface area contributed by atoms with E-state index in [1.165, 1.54) is 0 Å². The predicted molar refractivity (Wildman–Crippen MR) is 29.6 cm³/mol. The first-order valence-corrected chi connectivity index (χ1v) is 2.04. The maximum Gasteiger partial charge on any atom is 0.330 e. The highest BCUT2D eigenvalue weighted by Gasteiger charge is 1.93. The Morgan fingerprint density at radius 2 is 2.00 bits per heavy atom. The fraction of sp³-hybridized carbons (Fsp3) is 0.400. The van der Waals surface area contributed by atoms with E-state index in [1.54, 1.807) is 19.9 Å². The van der Waals surface area contributed by atoms with Gasteiger partial charge in [0.1, 0.15) is 0 Å². The molecule has 0 spiro atoms. The molecule has 0 unspecified atom stereocenters. The van der Waals surface area contributed by atoms with Gasteiger partial charge in [0.15, 0.2) is 0 Å². The molecule has 0 heterocycles. The van der Waals surface area contributed by atoms with Crippen LogP contribution in [0.1, 0.15) is 13.8 Å². The van der Waals surface area contributed by atoms with E-state index < -0.39 is 5.97 Å². The highest BCUT2D eigenvalue weighted by atomic mass is 19.0. The second kappa shape index (κ2) is 4.30. The molecule has 0 aromatic rings. The van der Waals surface area contributed by atoms with Crippen molar-refractivity contribution >= 4 is 5.97 Å². The second-order valence-corrected chi connectivity index (χ2v) is 1.28. The van der Waals surface area contributed by atoms with E-state index in [0.717, 1.165) is 0 Å². The van der Waals surface area contributed by atoms with Crippen LogP contribution in [0.4, 0.5) is 4.70 Å². The molecule has 0 saturated carbocycles. The van der Waals surface area contributed by atoms with Crippen LogP contribution in [0, 0.1) is 0 Å². The quantitative estimate of drug-likeness (QED) is 0.528. The number of carbonyl (C=O) groups is 1. The van der Waals surface area contributed by atoms with Gasteiger partial charge in [-0.05, 0) is 13.8 Å². The van der Waals surface area contributed by atoms with Gasteiger partial charge in [0.25, 0.3) is 0 Å². The van der Waals surface area contributed by atoms with E-state index in [2.05, 4.69) is 0 Å². The predicted octanol–water partition coefficient (Wildman–Crippen LogP) is 1.19. The Morgan fingerprint density at radius 1 is 1.62 bits per heavy atom. The van der Waals surface area contributed by atoms with Gasteiger partial charge in [-0.25, -0.2) is 4.79 Å². The minimum atomic E-state index is -0.845. The van der Waals surface area contributed by atoms with Crippen molar-refractivity contribution in [2.45, 2.75) is 13.8 Å². The maximum absolute atomic E-state index is 9.86. The third-order valence-electron chi connectivity index (χ3n) is 0.770. The number of hydrogen-bond acceptors (Lipinski definition) is 1. The van der Waals surface area contributed by atoms with Crippen LogP contribution in [0.25, 0.3) is 0 Å². The summed E-state index contributed by atoms with van der Waals surface area (Å²) in [5.74, 6) is -0.845. The van der Waals surface area contributed by atoms with Crippen LogP contribution in [0.3, 0.4) is 0 Å². The van der Waals surface area contributed by atoms with E-state index >= 15 is 0 Å². The molecule has 0 aliphatic carbocycles. The van der Waals surface area contributed by atoms with E-state index in [9.17, 15) is 4.79 Å². The fourth-order valence-electron chi connectivity index (χ4n) is 0.123. The summed E-state index contributed by atoms with van der Waals surface area (Å²) in [5.41, 5.74) is 0.389. The molecule has 48 valence electrons. The van der Waals surface area contributed by atoms with Gasteiger partial charge in [-0.3, -0.25) is 4.70 Å². The Kier molecular flexibility index (Phi) is 5.48. The van der Waals surface area contributed by atoms with Gasteiger partial charge >= 0.3 is 5.97 Å². The van der Waals surface area contributed by atoms with Gasteiger partial charge in [0.05, 0.1) is 0 Å². The van der Waals surface area contributed by atoms with E-state index in [0.29, 0.717) is 5.57 Å². The summed E-state index contributed by atoms with van der Waals surface area (Å²) >= 11 is 0. The summed E-state index contributed by atoms with van der Waals surface area (Å²) in [6.07, 6.45) is 1.56. The number of aliphatic carboxylic acids is 1. The van der Waals surface area contributed by atoms with Gasteiger partial charge in [-0.15, -0.1) is 0 Å². The summed E-state index contributed by atoms with van der Waals surface area (Å²) in [6.45, 7) is 3.26. The molecule has 0 radical (unpaired) electrons. The first kappa shape index (κ1) is 10.2. The van der Waals surface area contributed by atoms with Crippen molar-refractivity contribution in [3.63, 3.8) is 0 Å². The lowest BCUT2D eigenvalue weighted by Gasteiger charge is -1.84. The number of hydrogen-bond donors (Lipinski definition) is 1. The summed E-state index contributed by atoms with van der Waals surface area (Å²) in [4.78, 5) is 9.86. The Morgan fingerprint density at radius 3 is 2.00 bits per heavy atom. The number of carboxylic acids is 1. The van der Waals surface area contributed by atoms with Gasteiger partial charge < -0.3 is 5.11 Å². The van der Waals surface area contributed by atoms with Gasteiger partial charge in [0, 0.05) is 5.57 Å². The number of halogens is 1. The zero-order chi connectivity index (χ0) is 5.86. The molecule has 0 fully saturated rings. The fourth-order valence-corrected chi connectivity index (χ4v) is 0.123. The highest BCUT2D eigenvalue weighted by Crippen LogP contribution is 1.87. The van der Waals surface area contributed by atoms with Crippen molar-refractivity contribution in [2.24, 2.45) is 0 Å². The average Bonchev–Trinajstić information content (AvgIpc) is 1.65. The van der Waals surface area contributed by atoms with Crippen molar-refractivity contribution in [2.75, 3.05) is 0 Å². The zero-order valence-electron chi connectivity index (χ0n) is 4.84. The summed E-state index contributed by atoms with van der Waals surface area (Å²) in [6, 6.07) is 0. The van der Waals surface area contributed by atoms with Crippen molar-refractivity contribution in [1.29, 1.82) is 0 Å². The van der Waals surface area contributed by atoms with Crippen LogP contribution in [-0.4, -0.2) is 11.1 Å². The first-order valence-electron chi connectivity index (χ1n) is 2.04. The van der Waals surface area contributed by atoms with Crippen LogP contribution in [0.15, 0.2) is 11.6 Å². The van der Waals surface area contributed by atoms with Crippen LogP contribution in [0.2, 0.25) is 0 Å². The molecule has 0 aliphatic heterocycles. The standard InChI is InChI=1S/C5H8O2.FH/c1-3-4(2)5(6)7;/h3H,1-2H3,(H,6,7);1H. The van der Waals surface area contributed by atoms with Crippen molar-refractivity contribution in [3.8, 4) is 0 Å². The average molecular weight is 120 g/mol. The minimum absolute atomic E-state index is 0. The van der Waals surface area contributed by atoms with Gasteiger partial charge in [-0.1, -0.05) is 6.08 Å². The molecule has 0 bridgehead atoms. The Labute approximate surface area is 47.2 Å². The summed E-state index contributed by atoms with van der Waals surface area (Å²) in [5, 5.41) is 8.11. The van der Waals surface area contributed by atoms with Gasteiger partial charge in [-0.2, -0.15) is 0 Å². The number of carboxylic acid groups (broad SMARTS) is 1. The summed E-state index contributed by atoms with van der Waals surface area (Å²) < 4.78 is 0. The molecule has 1 N–H and O–H groups in total. The molecule has 0 amide bonds. The maximum atomic E-state index is 9.86. The van der Waals surface area contributed by atoms with Crippen molar-refractivity contribution < 1.29 is 14.6 Å². The Hall–Kier alpha value is -0.860. The molecule has 0 rings (SSSR count). The smallest absolute Gasteiger partial charge is 0.330 e. The Balaban J connectivity index is 0. The zero-order valence-corrected chi connectivity index (χ0v) is 4.84. The molecule has 0 aliphatic rings. The molecular weight excluding hydrogens is 111 g/mol. The van der Waals surface area contributed by atoms with E-state index in [-0.39, 0.29) is 4.70 Å². The lowest BCUT2D eigenvalue weighted by Crippen LogP contribution is -1.93. The van der Waals surface area contributed by atoms with Gasteiger partial charge in [0.2, 0.25) is 0 Å². The van der Waals surface area contributed by atoms with Crippen molar-refractivity contribution in [1.82, 2.24) is 0 Å². The third kappa shape index (κ3) is 3.33. The summed E-state index contributed by atoms with van der Waals surface area (Å²) in [7, 11) is 0. The largest absolute Gasteiger partial charge is 0.478 e. The first-order chi connectivity index (χ1) is 3.18. The van der Waals surface area contributed by atoms with Crippen molar-refractivity contribution in [3.05, 3.63) is 11.6 Å². The van der Waals surface area contributed by atoms with Crippen LogP contribution in [0.5, 0.6) is 0 Å². The monoisotopic (exact) mass is 120 g/mol. The lowest BCUT2D eigenvalue weighted by molar-refractivity contribution is -0.132. The van der Waals surface area contributed by atoms with Crippen LogP contribution >= 0.6 is 0 Å². The molecule has 0 saturated heterocycles. The molecule has 8 heavy (non-hydrogen) atoms. The Bertz CT molecular complexity index is 107. The molecular formula is C5H9FO2. The molecule has 0 aromatic heterocycles. The topological polar surface area (TPSA) is 37.3 Å². The number of rotatable bonds is 1. The lowest BCUT2D eigenvalue weighted by atomic mass is 10.3. The number of allylic oxidation sites excluding steroid dienone is 1. The van der Waals surface area contributed by atoms with E-state index in [1.807, 2.05) is 0 Å². The minimum Gasteiger partial charge on any atom is -0.478 e. The molecule has 0 atom stereocenters. The molecule has 2 nitrogen and oxygen atoms in total. The highest BCUT2D eigenvalue weighted by molar-refractivity contribution is 5.85. The molecule has 0 aromatic carbocycles. The van der Waals surface area contributed by atoms with E-state index in [4.69, 9.17) is 5.11 Å². The second-order valence-electron chi connectivity index (χ2n) is 1.28.